The van der Waals surface area contributed by atoms with Crippen molar-refractivity contribution in [1.29, 1.82) is 0 Å². The Morgan fingerprint density at radius 1 is 1.06 bits per heavy atom. The Morgan fingerprint density at radius 2 is 1.68 bits per heavy atom. The molecule has 0 bridgehead atoms. The normalized spacial score (nSPS) is 11.8. The predicted molar refractivity (Wildman–Crippen MR) is 128 cm³/mol. The van der Waals surface area contributed by atoms with E-state index < -0.39 is 6.04 Å². The van der Waals surface area contributed by atoms with Crippen molar-refractivity contribution < 1.29 is 14.3 Å². The molecule has 0 radical (unpaired) electrons. The summed E-state index contributed by atoms with van der Waals surface area (Å²) < 4.78 is 6.84. The van der Waals surface area contributed by atoms with Crippen molar-refractivity contribution in [2.24, 2.45) is 5.92 Å². The highest BCUT2D eigenvalue weighted by atomic mass is 79.9. The first-order chi connectivity index (χ1) is 14.7. The first kappa shape index (κ1) is 24.9. The van der Waals surface area contributed by atoms with E-state index >= 15 is 0 Å². The number of carbonyl (C=O) groups excluding carboxylic acids is 2. The zero-order valence-electron chi connectivity index (χ0n) is 19.1. The second-order valence-electron chi connectivity index (χ2n) is 8.30. The van der Waals surface area contributed by atoms with Crippen molar-refractivity contribution in [2.45, 2.75) is 47.1 Å². The fraction of sp³-hybridized carbons (Fsp3) is 0.440. The molecule has 31 heavy (non-hydrogen) atoms. The monoisotopic (exact) mass is 488 g/mol. The van der Waals surface area contributed by atoms with Crippen LogP contribution >= 0.6 is 15.9 Å². The van der Waals surface area contributed by atoms with Crippen LogP contribution in [0.15, 0.2) is 46.9 Å². The summed E-state index contributed by atoms with van der Waals surface area (Å²) >= 11 is 3.54. The van der Waals surface area contributed by atoms with Gasteiger partial charge in [-0.2, -0.15) is 0 Å². The lowest BCUT2D eigenvalue weighted by Crippen LogP contribution is -2.50. The van der Waals surface area contributed by atoms with Gasteiger partial charge in [0.05, 0.1) is 0 Å². The topological polar surface area (TPSA) is 58.6 Å². The molecule has 0 aromatic heterocycles. The third-order valence-electron chi connectivity index (χ3n) is 5.11. The fourth-order valence-electron chi connectivity index (χ4n) is 3.24. The Labute approximate surface area is 194 Å². The minimum atomic E-state index is -0.577. The Balaban J connectivity index is 2.09. The summed E-state index contributed by atoms with van der Waals surface area (Å²) in [5.74, 6) is 0.634. The highest BCUT2D eigenvalue weighted by Crippen LogP contribution is 2.26. The molecule has 0 unspecified atom stereocenters. The number of halogens is 1. The number of hydrogen-bond acceptors (Lipinski definition) is 3. The van der Waals surface area contributed by atoms with Crippen molar-refractivity contribution in [2.75, 3.05) is 19.7 Å². The molecule has 2 amide bonds. The van der Waals surface area contributed by atoms with Crippen LogP contribution in [0.2, 0.25) is 0 Å². The molecule has 0 heterocycles. The molecule has 0 fully saturated rings. The second-order valence-corrected chi connectivity index (χ2v) is 9.09. The SMILES string of the molecule is Cc1cc(OCC(=O)N(CCc2ccccc2)[C@H](C)C(=O)NCC(C)C)cc(C)c1Br. The third kappa shape index (κ3) is 7.69. The van der Waals surface area contributed by atoms with Crippen LogP contribution in [0.4, 0.5) is 0 Å². The number of benzene rings is 2. The van der Waals surface area contributed by atoms with Crippen molar-refractivity contribution >= 4 is 27.7 Å². The number of aryl methyl sites for hydroxylation is 2. The Bertz CT molecular complexity index is 861. The van der Waals surface area contributed by atoms with Gasteiger partial charge in [0.1, 0.15) is 11.8 Å². The van der Waals surface area contributed by atoms with Crippen LogP contribution in [-0.2, 0) is 16.0 Å². The Kier molecular flexibility index (Phi) is 9.56. The molecular formula is C25H33BrN2O3. The van der Waals surface area contributed by atoms with Gasteiger partial charge in [-0.05, 0) is 61.9 Å². The molecule has 0 aliphatic rings. The van der Waals surface area contributed by atoms with E-state index in [1.54, 1.807) is 11.8 Å². The predicted octanol–water partition coefficient (Wildman–Crippen LogP) is 4.68. The van der Waals surface area contributed by atoms with Crippen LogP contribution in [0.5, 0.6) is 5.75 Å². The van der Waals surface area contributed by atoms with E-state index in [2.05, 4.69) is 21.2 Å². The van der Waals surface area contributed by atoms with Crippen LogP contribution in [-0.4, -0.2) is 42.5 Å². The lowest BCUT2D eigenvalue weighted by Gasteiger charge is -2.29. The molecule has 0 spiro atoms. The van der Waals surface area contributed by atoms with Gasteiger partial charge in [-0.15, -0.1) is 0 Å². The summed E-state index contributed by atoms with van der Waals surface area (Å²) in [5, 5.41) is 2.93. The largest absolute Gasteiger partial charge is 0.484 e. The summed E-state index contributed by atoms with van der Waals surface area (Å²) in [6.45, 7) is 10.7. The van der Waals surface area contributed by atoms with E-state index in [9.17, 15) is 9.59 Å². The summed E-state index contributed by atoms with van der Waals surface area (Å²) in [7, 11) is 0. The standard InChI is InChI=1S/C25H33BrN2O3/c1-17(2)15-27-25(30)20(5)28(12-11-21-9-7-6-8-10-21)23(29)16-31-22-13-18(3)24(26)19(4)14-22/h6-10,13-14,17,20H,11-12,15-16H2,1-5H3,(H,27,30)/t20-/m1/s1. The minimum absolute atomic E-state index is 0.114. The van der Waals surface area contributed by atoms with Crippen LogP contribution < -0.4 is 10.1 Å². The third-order valence-corrected chi connectivity index (χ3v) is 6.36. The summed E-state index contributed by atoms with van der Waals surface area (Å²) in [6.07, 6.45) is 0.672. The van der Waals surface area contributed by atoms with Gasteiger partial charge < -0.3 is 15.0 Å². The van der Waals surface area contributed by atoms with Gasteiger partial charge in [-0.1, -0.05) is 60.1 Å². The van der Waals surface area contributed by atoms with Crippen molar-refractivity contribution in [3.8, 4) is 5.75 Å². The molecule has 2 rings (SSSR count). The summed E-state index contributed by atoms with van der Waals surface area (Å²) in [5.41, 5.74) is 3.21. The number of amides is 2. The first-order valence-electron chi connectivity index (χ1n) is 10.7. The van der Waals surface area contributed by atoms with Crippen molar-refractivity contribution in [1.82, 2.24) is 10.2 Å². The Morgan fingerprint density at radius 3 is 2.26 bits per heavy atom. The first-order valence-corrected chi connectivity index (χ1v) is 11.5. The molecule has 2 aromatic rings. The van der Waals surface area contributed by atoms with E-state index in [1.807, 2.05) is 70.2 Å². The number of nitrogens with one attached hydrogen (secondary N) is 1. The second kappa shape index (κ2) is 11.9. The smallest absolute Gasteiger partial charge is 0.261 e. The van der Waals surface area contributed by atoms with E-state index in [0.717, 1.165) is 21.2 Å². The van der Waals surface area contributed by atoms with E-state index in [4.69, 9.17) is 4.74 Å². The van der Waals surface area contributed by atoms with Gasteiger partial charge in [0, 0.05) is 17.6 Å². The van der Waals surface area contributed by atoms with Gasteiger partial charge in [0.2, 0.25) is 5.91 Å². The summed E-state index contributed by atoms with van der Waals surface area (Å²) in [4.78, 5) is 27.3. The molecule has 5 nitrogen and oxygen atoms in total. The maximum absolute atomic E-state index is 13.1. The number of rotatable bonds is 10. The highest BCUT2D eigenvalue weighted by molar-refractivity contribution is 9.10. The number of carbonyl (C=O) groups is 2. The fourth-order valence-corrected chi connectivity index (χ4v) is 3.47. The van der Waals surface area contributed by atoms with Crippen molar-refractivity contribution in [3.05, 3.63) is 63.6 Å². The van der Waals surface area contributed by atoms with Gasteiger partial charge in [0.15, 0.2) is 6.61 Å². The molecule has 168 valence electrons. The zero-order valence-corrected chi connectivity index (χ0v) is 20.7. The molecule has 2 aromatic carbocycles. The average Bonchev–Trinajstić information content (AvgIpc) is 2.74. The van der Waals surface area contributed by atoms with Crippen LogP contribution in [0.1, 0.15) is 37.5 Å². The number of ether oxygens (including phenoxy) is 1. The number of nitrogens with zero attached hydrogens (tertiary/aromatic N) is 1. The lowest BCUT2D eigenvalue weighted by molar-refractivity contribution is -0.141. The van der Waals surface area contributed by atoms with Crippen molar-refractivity contribution in [3.63, 3.8) is 0 Å². The maximum Gasteiger partial charge on any atom is 0.261 e. The molecule has 6 heteroatoms. The number of hydrogen-bond donors (Lipinski definition) is 1. The average molecular weight is 489 g/mol. The summed E-state index contributed by atoms with van der Waals surface area (Å²) in [6, 6.07) is 13.2. The maximum atomic E-state index is 13.1. The zero-order chi connectivity index (χ0) is 23.0. The van der Waals surface area contributed by atoms with Crippen LogP contribution in [0, 0.1) is 19.8 Å². The molecule has 0 saturated heterocycles. The lowest BCUT2D eigenvalue weighted by atomic mass is 10.1. The molecular weight excluding hydrogens is 456 g/mol. The minimum Gasteiger partial charge on any atom is -0.484 e. The quantitative estimate of drug-likeness (QED) is 0.528. The Hall–Kier alpha value is -2.34. The van der Waals surface area contributed by atoms with Gasteiger partial charge >= 0.3 is 0 Å². The molecule has 1 N–H and O–H groups in total. The highest BCUT2D eigenvalue weighted by Gasteiger charge is 2.26. The molecule has 1 atom stereocenters. The molecule has 0 aliphatic heterocycles. The van der Waals surface area contributed by atoms with Crippen LogP contribution in [0.25, 0.3) is 0 Å². The van der Waals surface area contributed by atoms with Gasteiger partial charge in [-0.3, -0.25) is 9.59 Å². The van der Waals surface area contributed by atoms with Gasteiger partial charge in [-0.25, -0.2) is 0 Å². The molecule has 0 saturated carbocycles. The van der Waals surface area contributed by atoms with E-state index in [1.165, 1.54) is 0 Å². The van der Waals surface area contributed by atoms with E-state index in [-0.39, 0.29) is 18.4 Å². The van der Waals surface area contributed by atoms with Gasteiger partial charge in [0.25, 0.3) is 5.91 Å². The molecule has 0 aliphatic carbocycles. The van der Waals surface area contributed by atoms with E-state index in [0.29, 0.717) is 31.2 Å². The van der Waals surface area contributed by atoms with Crippen LogP contribution in [0.3, 0.4) is 0 Å².